The number of halogens is 3. The first-order chi connectivity index (χ1) is 16.4. The highest BCUT2D eigenvalue weighted by atomic mass is 79.9. The summed E-state index contributed by atoms with van der Waals surface area (Å²) in [5.41, 5.74) is 2.19. The molecule has 3 aromatic carbocycles. The van der Waals surface area contributed by atoms with Crippen LogP contribution in [-0.2, 0) is 6.61 Å². The van der Waals surface area contributed by atoms with Crippen LogP contribution in [-0.4, -0.2) is 15.9 Å². The van der Waals surface area contributed by atoms with E-state index in [9.17, 15) is 4.79 Å². The lowest BCUT2D eigenvalue weighted by molar-refractivity contribution is 0.304. The van der Waals surface area contributed by atoms with Gasteiger partial charge in [-0.3, -0.25) is 4.79 Å². The minimum Gasteiger partial charge on any atom is -0.488 e. The van der Waals surface area contributed by atoms with Crippen molar-refractivity contribution in [1.82, 2.24) is 9.66 Å². The molecule has 0 saturated carbocycles. The van der Waals surface area contributed by atoms with Crippen molar-refractivity contribution in [2.45, 2.75) is 32.8 Å². The Balaban J connectivity index is 1.63. The molecule has 4 aromatic rings. The van der Waals surface area contributed by atoms with Crippen molar-refractivity contribution in [2.24, 2.45) is 5.10 Å². The molecule has 0 fully saturated rings. The van der Waals surface area contributed by atoms with E-state index in [-0.39, 0.29) is 11.5 Å². The smallest absolute Gasteiger partial charge is 0.282 e. The van der Waals surface area contributed by atoms with Gasteiger partial charge in [-0.25, -0.2) is 4.98 Å². The largest absolute Gasteiger partial charge is 0.488 e. The minimum atomic E-state index is -0.198. The monoisotopic (exact) mass is 601 g/mol. The molecule has 34 heavy (non-hydrogen) atoms. The maximum absolute atomic E-state index is 13.3. The molecule has 0 amide bonds. The van der Waals surface area contributed by atoms with E-state index >= 15 is 0 Å². The number of nitrogens with zero attached hydrogens (tertiary/aromatic N) is 3. The highest BCUT2D eigenvalue weighted by molar-refractivity contribution is 9.10. The van der Waals surface area contributed by atoms with Gasteiger partial charge in [0.15, 0.2) is 0 Å². The van der Waals surface area contributed by atoms with Gasteiger partial charge >= 0.3 is 0 Å². The third-order valence-electron chi connectivity index (χ3n) is 5.51. The van der Waals surface area contributed by atoms with Crippen LogP contribution in [0.25, 0.3) is 10.9 Å². The molecule has 0 aliphatic rings. The number of ether oxygens (including phenoxy) is 1. The third-order valence-corrected chi connectivity index (χ3v) is 6.99. The van der Waals surface area contributed by atoms with Crippen LogP contribution in [0.15, 0.2) is 79.5 Å². The Hall–Kier alpha value is -2.48. The van der Waals surface area contributed by atoms with Gasteiger partial charge in [0.1, 0.15) is 18.2 Å². The van der Waals surface area contributed by atoms with Crippen molar-refractivity contribution in [2.75, 3.05) is 0 Å². The van der Waals surface area contributed by atoms with Gasteiger partial charge in [-0.15, -0.1) is 0 Å². The van der Waals surface area contributed by atoms with E-state index in [1.54, 1.807) is 12.3 Å². The minimum absolute atomic E-state index is 0.0743. The summed E-state index contributed by atoms with van der Waals surface area (Å²) in [6.07, 6.45) is 2.49. The molecular formula is C26H22Br2ClN3O2. The van der Waals surface area contributed by atoms with Gasteiger partial charge in [0.25, 0.3) is 5.56 Å². The van der Waals surface area contributed by atoms with Gasteiger partial charge in [0.05, 0.1) is 21.6 Å². The van der Waals surface area contributed by atoms with Crippen molar-refractivity contribution in [3.05, 3.63) is 102 Å². The Bertz CT molecular complexity index is 1440. The Morgan fingerprint density at radius 3 is 2.68 bits per heavy atom. The topological polar surface area (TPSA) is 56.5 Å². The van der Waals surface area contributed by atoms with Crippen LogP contribution in [0.1, 0.15) is 43.1 Å². The average molecular weight is 604 g/mol. The van der Waals surface area contributed by atoms with Crippen LogP contribution in [0.3, 0.4) is 0 Å². The van der Waals surface area contributed by atoms with Gasteiger partial charge in [-0.2, -0.15) is 9.78 Å². The van der Waals surface area contributed by atoms with Gasteiger partial charge < -0.3 is 4.74 Å². The van der Waals surface area contributed by atoms with Crippen molar-refractivity contribution < 1.29 is 4.74 Å². The lowest BCUT2D eigenvalue weighted by Crippen LogP contribution is -2.23. The van der Waals surface area contributed by atoms with Crippen LogP contribution in [0.5, 0.6) is 5.75 Å². The fourth-order valence-corrected chi connectivity index (χ4v) is 4.45. The summed E-state index contributed by atoms with van der Waals surface area (Å²) >= 11 is 13.2. The van der Waals surface area contributed by atoms with E-state index in [4.69, 9.17) is 21.3 Å². The quantitative estimate of drug-likeness (QED) is 0.205. The molecule has 4 rings (SSSR count). The number of hydrogen-bond donors (Lipinski definition) is 0. The lowest BCUT2D eigenvalue weighted by atomic mass is 10.1. The van der Waals surface area contributed by atoms with Crippen LogP contribution < -0.4 is 10.3 Å². The van der Waals surface area contributed by atoms with E-state index in [2.05, 4.69) is 43.9 Å². The fraction of sp³-hybridized carbons (Fsp3) is 0.192. The second-order valence-corrected chi connectivity index (χ2v) is 10.0. The van der Waals surface area contributed by atoms with E-state index < -0.39 is 0 Å². The summed E-state index contributed by atoms with van der Waals surface area (Å²) in [5.74, 6) is 1.40. The molecular weight excluding hydrogens is 582 g/mol. The van der Waals surface area contributed by atoms with Crippen LogP contribution in [0, 0.1) is 0 Å². The molecule has 1 atom stereocenters. The molecule has 174 valence electrons. The molecule has 1 heterocycles. The first-order valence-electron chi connectivity index (χ1n) is 10.8. The van der Waals surface area contributed by atoms with Crippen molar-refractivity contribution in [1.29, 1.82) is 0 Å². The number of benzene rings is 3. The molecule has 0 radical (unpaired) electrons. The third kappa shape index (κ3) is 5.43. The molecule has 5 nitrogen and oxygen atoms in total. The summed E-state index contributed by atoms with van der Waals surface area (Å²) in [6.45, 7) is 4.47. The van der Waals surface area contributed by atoms with Gasteiger partial charge in [-0.1, -0.05) is 59.6 Å². The number of fused-ring (bicyclic) bond motifs is 1. The average Bonchev–Trinajstić information content (AvgIpc) is 2.83. The number of hydrogen-bond acceptors (Lipinski definition) is 4. The molecule has 8 heteroatoms. The second-order valence-electron chi connectivity index (χ2n) is 7.87. The van der Waals surface area contributed by atoms with Crippen LogP contribution >= 0.6 is 43.5 Å². The predicted octanol–water partition coefficient (Wildman–Crippen LogP) is 7.55. The zero-order valence-corrected chi connectivity index (χ0v) is 22.6. The molecule has 0 unspecified atom stereocenters. The zero-order chi connectivity index (χ0) is 24.2. The zero-order valence-electron chi connectivity index (χ0n) is 18.6. The molecule has 0 bridgehead atoms. The maximum Gasteiger partial charge on any atom is 0.282 e. The Morgan fingerprint density at radius 2 is 1.94 bits per heavy atom. The summed E-state index contributed by atoms with van der Waals surface area (Å²) < 4.78 is 8.92. The predicted molar refractivity (Wildman–Crippen MR) is 145 cm³/mol. The molecule has 0 aliphatic carbocycles. The summed E-state index contributed by atoms with van der Waals surface area (Å²) in [7, 11) is 0. The molecule has 1 aromatic heterocycles. The molecule has 0 spiro atoms. The highest BCUT2D eigenvalue weighted by Gasteiger charge is 2.15. The Kier molecular flexibility index (Phi) is 7.86. The fourth-order valence-electron chi connectivity index (χ4n) is 3.39. The van der Waals surface area contributed by atoms with E-state index in [1.807, 2.05) is 61.5 Å². The standard InChI is InChI=1S/C26H22Br2ClN3O2/c1-3-16(2)25-31-23-10-9-19(27)13-20(23)26(33)32(25)30-14-17-8-11-24(21(28)12-17)34-15-18-6-4-5-7-22(18)29/h4-14,16H,3,15H2,1-2H3/t16-/m0/s1. The van der Waals surface area contributed by atoms with E-state index in [0.717, 1.165) is 26.5 Å². The van der Waals surface area contributed by atoms with Crippen molar-refractivity contribution in [3.63, 3.8) is 0 Å². The SMILES string of the molecule is CC[C@H](C)c1nc2ccc(Br)cc2c(=O)n1N=Cc1ccc(OCc2ccccc2Cl)c(Br)c1. The number of aromatic nitrogens is 2. The van der Waals surface area contributed by atoms with Crippen molar-refractivity contribution >= 4 is 60.6 Å². The van der Waals surface area contributed by atoms with E-state index in [1.165, 1.54) is 4.68 Å². The maximum atomic E-state index is 13.3. The number of rotatable bonds is 7. The Labute approximate surface area is 219 Å². The van der Waals surface area contributed by atoms with Crippen LogP contribution in [0.2, 0.25) is 5.02 Å². The highest BCUT2D eigenvalue weighted by Crippen LogP contribution is 2.27. The van der Waals surface area contributed by atoms with Gasteiger partial charge in [0, 0.05) is 21.0 Å². The van der Waals surface area contributed by atoms with Gasteiger partial charge in [0.2, 0.25) is 0 Å². The Morgan fingerprint density at radius 1 is 1.15 bits per heavy atom. The summed E-state index contributed by atoms with van der Waals surface area (Å²) in [4.78, 5) is 18.0. The summed E-state index contributed by atoms with van der Waals surface area (Å²) in [5, 5.41) is 5.71. The van der Waals surface area contributed by atoms with Gasteiger partial charge in [-0.05, 0) is 70.4 Å². The molecule has 0 N–H and O–H groups in total. The molecule has 0 aliphatic heterocycles. The normalized spacial score (nSPS) is 12.4. The van der Waals surface area contributed by atoms with Crippen LogP contribution in [0.4, 0.5) is 0 Å². The lowest BCUT2D eigenvalue weighted by Gasteiger charge is -2.14. The first-order valence-corrected chi connectivity index (χ1v) is 12.8. The van der Waals surface area contributed by atoms with Crippen molar-refractivity contribution in [3.8, 4) is 5.75 Å². The molecule has 0 saturated heterocycles. The first kappa shape index (κ1) is 24.6. The summed E-state index contributed by atoms with van der Waals surface area (Å²) in [6, 6.07) is 18.7. The second kappa shape index (κ2) is 10.8. The van der Waals surface area contributed by atoms with E-state index in [0.29, 0.717) is 34.1 Å².